The summed E-state index contributed by atoms with van der Waals surface area (Å²) in [6.07, 6.45) is 5.47. The van der Waals surface area contributed by atoms with Gasteiger partial charge in [0.05, 0.1) is 0 Å². The van der Waals surface area contributed by atoms with Gasteiger partial charge >= 0.3 is 0 Å². The van der Waals surface area contributed by atoms with Gasteiger partial charge < -0.3 is 15.2 Å². The van der Waals surface area contributed by atoms with Gasteiger partial charge in [0.1, 0.15) is 0 Å². The number of aliphatic hydroxyl groups excluding tert-OH is 1. The van der Waals surface area contributed by atoms with E-state index in [1.807, 2.05) is 0 Å². The summed E-state index contributed by atoms with van der Waals surface area (Å²) in [4.78, 5) is 0. The Balaban J connectivity index is 3.43. The van der Waals surface area contributed by atoms with E-state index in [2.05, 4.69) is 26.1 Å². The van der Waals surface area contributed by atoms with Crippen LogP contribution in [0.25, 0.3) is 0 Å². The fraction of sp³-hybridized carbons (Fsp3) is 1.00. The summed E-state index contributed by atoms with van der Waals surface area (Å²) in [6.45, 7) is 10.4. The Morgan fingerprint density at radius 2 is 1.71 bits per heavy atom. The van der Waals surface area contributed by atoms with Crippen LogP contribution in [-0.4, -0.2) is 38.0 Å². The lowest BCUT2D eigenvalue weighted by Crippen LogP contribution is -2.37. The maximum absolute atomic E-state index is 9.41. The molecule has 0 aliphatic heterocycles. The van der Waals surface area contributed by atoms with Crippen LogP contribution in [0.15, 0.2) is 0 Å². The molecule has 0 aliphatic rings. The summed E-state index contributed by atoms with van der Waals surface area (Å²) in [5, 5.41) is 12.8. The zero-order chi connectivity index (χ0) is 13.0. The van der Waals surface area contributed by atoms with Gasteiger partial charge in [0.25, 0.3) is 0 Å². The van der Waals surface area contributed by atoms with Crippen LogP contribution < -0.4 is 5.32 Å². The molecule has 3 heteroatoms. The number of hydrogen-bond acceptors (Lipinski definition) is 3. The van der Waals surface area contributed by atoms with Gasteiger partial charge in [0.2, 0.25) is 0 Å². The lowest BCUT2D eigenvalue weighted by atomic mass is 9.83. The number of unbranched alkanes of at least 4 members (excludes halogenated alkanes) is 1. The predicted molar refractivity (Wildman–Crippen MR) is 73.3 cm³/mol. The van der Waals surface area contributed by atoms with Crippen molar-refractivity contribution in [3.8, 4) is 0 Å². The van der Waals surface area contributed by atoms with E-state index in [0.29, 0.717) is 0 Å². The van der Waals surface area contributed by atoms with Gasteiger partial charge in [-0.15, -0.1) is 0 Å². The molecule has 0 fully saturated rings. The maximum Gasteiger partial charge on any atom is 0.0499 e. The van der Waals surface area contributed by atoms with E-state index in [1.165, 1.54) is 6.42 Å². The molecule has 0 unspecified atom stereocenters. The van der Waals surface area contributed by atoms with Gasteiger partial charge in [-0.3, -0.25) is 0 Å². The molecule has 0 aliphatic carbocycles. The van der Waals surface area contributed by atoms with Crippen LogP contribution in [0, 0.1) is 5.41 Å². The van der Waals surface area contributed by atoms with Gasteiger partial charge in [0, 0.05) is 31.8 Å². The quantitative estimate of drug-likeness (QED) is 0.519. The zero-order valence-corrected chi connectivity index (χ0v) is 11.9. The molecule has 0 bridgehead atoms. The van der Waals surface area contributed by atoms with Crippen molar-refractivity contribution in [3.63, 3.8) is 0 Å². The highest BCUT2D eigenvalue weighted by Gasteiger charge is 2.24. The summed E-state index contributed by atoms with van der Waals surface area (Å²) in [5.41, 5.74) is 0.0725. The first-order valence-corrected chi connectivity index (χ1v) is 7.14. The molecule has 2 N–H and O–H groups in total. The Labute approximate surface area is 107 Å². The standard InChI is InChI=1S/C14H31NO2/c1-4-7-10-17-11-8-9-15-12-14(5-2,6-3)13-16/h15-16H,4-13H2,1-3H3. The summed E-state index contributed by atoms with van der Waals surface area (Å²) < 4.78 is 5.50. The van der Waals surface area contributed by atoms with Crippen LogP contribution in [0.3, 0.4) is 0 Å². The third kappa shape index (κ3) is 7.74. The molecule has 0 rings (SSSR count). The minimum absolute atomic E-state index is 0.0725. The molecule has 0 saturated heterocycles. The van der Waals surface area contributed by atoms with E-state index < -0.39 is 0 Å². The number of hydrogen-bond donors (Lipinski definition) is 2. The largest absolute Gasteiger partial charge is 0.396 e. The molecule has 0 spiro atoms. The Morgan fingerprint density at radius 1 is 1.06 bits per heavy atom. The summed E-state index contributed by atoms with van der Waals surface area (Å²) in [6, 6.07) is 0. The fourth-order valence-corrected chi connectivity index (χ4v) is 1.78. The molecule has 0 aromatic rings. The minimum Gasteiger partial charge on any atom is -0.396 e. The molecule has 0 saturated carbocycles. The fourth-order valence-electron chi connectivity index (χ4n) is 1.78. The van der Waals surface area contributed by atoms with Crippen LogP contribution in [0.1, 0.15) is 52.9 Å². The maximum atomic E-state index is 9.41. The van der Waals surface area contributed by atoms with Crippen molar-refractivity contribution in [1.82, 2.24) is 5.32 Å². The molecule has 0 aromatic carbocycles. The first-order valence-electron chi connectivity index (χ1n) is 7.14. The molecule has 0 radical (unpaired) electrons. The Hall–Kier alpha value is -0.120. The van der Waals surface area contributed by atoms with Crippen LogP contribution in [0.5, 0.6) is 0 Å². The molecule has 104 valence electrons. The van der Waals surface area contributed by atoms with E-state index in [0.717, 1.165) is 52.0 Å². The summed E-state index contributed by atoms with van der Waals surface area (Å²) in [5.74, 6) is 0. The van der Waals surface area contributed by atoms with Crippen LogP contribution >= 0.6 is 0 Å². The van der Waals surface area contributed by atoms with Gasteiger partial charge in [-0.05, 0) is 32.2 Å². The van der Waals surface area contributed by atoms with E-state index in [1.54, 1.807) is 0 Å². The number of nitrogens with one attached hydrogen (secondary N) is 1. The molecule has 0 atom stereocenters. The van der Waals surface area contributed by atoms with E-state index >= 15 is 0 Å². The second kappa shape index (κ2) is 11.0. The molecule has 3 nitrogen and oxygen atoms in total. The average molecular weight is 245 g/mol. The van der Waals surface area contributed by atoms with Crippen molar-refractivity contribution >= 4 is 0 Å². The molecule has 0 aromatic heterocycles. The van der Waals surface area contributed by atoms with E-state index in [9.17, 15) is 5.11 Å². The van der Waals surface area contributed by atoms with Gasteiger partial charge in [0.15, 0.2) is 0 Å². The SMILES string of the molecule is CCCCOCCCNCC(CC)(CC)CO. The second-order valence-corrected chi connectivity index (χ2v) is 4.86. The number of ether oxygens (including phenoxy) is 1. The molecule has 0 heterocycles. The van der Waals surface area contributed by atoms with Crippen molar-refractivity contribution in [2.24, 2.45) is 5.41 Å². The smallest absolute Gasteiger partial charge is 0.0499 e. The van der Waals surface area contributed by atoms with Crippen molar-refractivity contribution in [2.75, 3.05) is 32.9 Å². The van der Waals surface area contributed by atoms with Crippen molar-refractivity contribution in [1.29, 1.82) is 0 Å². The lowest BCUT2D eigenvalue weighted by Gasteiger charge is -2.29. The minimum atomic E-state index is 0.0725. The molecular weight excluding hydrogens is 214 g/mol. The third-order valence-corrected chi connectivity index (χ3v) is 3.62. The van der Waals surface area contributed by atoms with Gasteiger partial charge in [-0.1, -0.05) is 27.2 Å². The van der Waals surface area contributed by atoms with Crippen molar-refractivity contribution in [2.45, 2.75) is 52.9 Å². The highest BCUT2D eigenvalue weighted by atomic mass is 16.5. The topological polar surface area (TPSA) is 41.5 Å². The van der Waals surface area contributed by atoms with Crippen molar-refractivity contribution < 1.29 is 9.84 Å². The Bertz CT molecular complexity index is 150. The van der Waals surface area contributed by atoms with Crippen LogP contribution in [0.4, 0.5) is 0 Å². The molecule has 0 amide bonds. The van der Waals surface area contributed by atoms with Crippen LogP contribution in [0.2, 0.25) is 0 Å². The van der Waals surface area contributed by atoms with Gasteiger partial charge in [-0.2, -0.15) is 0 Å². The highest BCUT2D eigenvalue weighted by Crippen LogP contribution is 2.24. The first kappa shape index (κ1) is 16.9. The number of aliphatic hydroxyl groups is 1. The van der Waals surface area contributed by atoms with E-state index in [-0.39, 0.29) is 12.0 Å². The summed E-state index contributed by atoms with van der Waals surface area (Å²) in [7, 11) is 0. The average Bonchev–Trinajstić information content (AvgIpc) is 2.38. The van der Waals surface area contributed by atoms with Crippen LogP contribution in [-0.2, 0) is 4.74 Å². The number of rotatable bonds is 12. The predicted octanol–water partition coefficient (Wildman–Crippen LogP) is 2.58. The zero-order valence-electron chi connectivity index (χ0n) is 11.9. The highest BCUT2D eigenvalue weighted by molar-refractivity contribution is 4.77. The summed E-state index contributed by atoms with van der Waals surface area (Å²) >= 11 is 0. The third-order valence-electron chi connectivity index (χ3n) is 3.62. The van der Waals surface area contributed by atoms with Crippen molar-refractivity contribution in [3.05, 3.63) is 0 Å². The molecular formula is C14H31NO2. The second-order valence-electron chi connectivity index (χ2n) is 4.86. The molecule has 17 heavy (non-hydrogen) atoms. The monoisotopic (exact) mass is 245 g/mol. The Morgan fingerprint density at radius 3 is 2.24 bits per heavy atom. The van der Waals surface area contributed by atoms with Gasteiger partial charge in [-0.25, -0.2) is 0 Å². The lowest BCUT2D eigenvalue weighted by molar-refractivity contribution is 0.108. The Kier molecular flexibility index (Phi) is 10.9. The first-order chi connectivity index (χ1) is 8.24. The van der Waals surface area contributed by atoms with E-state index in [4.69, 9.17) is 4.74 Å². The normalized spacial score (nSPS) is 12.0.